The quantitative estimate of drug-likeness (QED) is 0.819. The Bertz CT molecular complexity index is 768. The highest BCUT2D eigenvalue weighted by atomic mass is 35.5. The Morgan fingerprint density at radius 3 is 2.19 bits per heavy atom. The molecule has 0 aromatic heterocycles. The van der Waals surface area contributed by atoms with E-state index in [0.717, 1.165) is 37.1 Å². The van der Waals surface area contributed by atoms with Crippen LogP contribution in [0.4, 0.5) is 0 Å². The Kier molecular flexibility index (Phi) is 7.30. The molecule has 3 rings (SSSR count). The van der Waals surface area contributed by atoms with Crippen LogP contribution in [0.1, 0.15) is 36.8 Å². The lowest BCUT2D eigenvalue weighted by atomic mass is 9.95. The highest BCUT2D eigenvalue weighted by Gasteiger charge is 2.35. The molecule has 0 spiro atoms. The minimum absolute atomic E-state index is 0. The molecule has 1 aromatic rings. The second-order valence-electron chi connectivity index (χ2n) is 7.61. The molecule has 152 valence electrons. The van der Waals surface area contributed by atoms with Crippen molar-refractivity contribution in [1.29, 1.82) is 0 Å². The van der Waals surface area contributed by atoms with Gasteiger partial charge < -0.3 is 10.6 Å². The zero-order chi connectivity index (χ0) is 18.9. The van der Waals surface area contributed by atoms with E-state index in [0.29, 0.717) is 30.8 Å². The number of rotatable bonds is 3. The zero-order valence-corrected chi connectivity index (χ0v) is 17.7. The van der Waals surface area contributed by atoms with Gasteiger partial charge in [-0.1, -0.05) is 17.7 Å². The summed E-state index contributed by atoms with van der Waals surface area (Å²) in [6, 6.07) is 5.61. The van der Waals surface area contributed by atoms with Gasteiger partial charge >= 0.3 is 0 Å². The van der Waals surface area contributed by atoms with Crippen LogP contribution < -0.4 is 5.73 Å². The molecule has 0 atom stereocenters. The topological polar surface area (TPSA) is 83.7 Å². The Morgan fingerprint density at radius 1 is 1.04 bits per heavy atom. The van der Waals surface area contributed by atoms with Crippen LogP contribution in [-0.2, 0) is 14.8 Å². The molecule has 2 aliphatic rings. The number of hydrogen-bond acceptors (Lipinski definition) is 4. The number of hydrogen-bond donors (Lipinski definition) is 1. The number of likely N-dealkylation sites (tertiary alicyclic amines) is 1. The van der Waals surface area contributed by atoms with E-state index < -0.39 is 10.0 Å². The second-order valence-corrected chi connectivity index (χ2v) is 9.52. The first-order valence-corrected chi connectivity index (χ1v) is 10.8. The van der Waals surface area contributed by atoms with Crippen LogP contribution in [0.25, 0.3) is 0 Å². The molecule has 0 radical (unpaired) electrons. The predicted molar refractivity (Wildman–Crippen MR) is 108 cm³/mol. The van der Waals surface area contributed by atoms with Gasteiger partial charge in [-0.2, -0.15) is 4.31 Å². The molecule has 0 aliphatic carbocycles. The third-order valence-electron chi connectivity index (χ3n) is 5.60. The van der Waals surface area contributed by atoms with Gasteiger partial charge in [-0.3, -0.25) is 4.79 Å². The smallest absolute Gasteiger partial charge is 0.243 e. The van der Waals surface area contributed by atoms with Crippen molar-refractivity contribution in [2.45, 2.75) is 50.5 Å². The molecule has 8 heteroatoms. The highest BCUT2D eigenvalue weighted by Crippen LogP contribution is 2.27. The number of halogens is 1. The van der Waals surface area contributed by atoms with Crippen molar-refractivity contribution < 1.29 is 13.2 Å². The molecule has 2 N–H and O–H groups in total. The Balaban J connectivity index is 0.00000261. The number of piperidine rings is 2. The Morgan fingerprint density at radius 2 is 1.63 bits per heavy atom. The third kappa shape index (κ3) is 4.83. The van der Waals surface area contributed by atoms with Crippen molar-refractivity contribution in [2.24, 2.45) is 11.7 Å². The van der Waals surface area contributed by atoms with Gasteiger partial charge in [0.25, 0.3) is 0 Å². The van der Waals surface area contributed by atoms with E-state index in [9.17, 15) is 13.2 Å². The molecular weight excluding hydrogens is 386 g/mol. The van der Waals surface area contributed by atoms with E-state index in [1.54, 1.807) is 6.07 Å². The maximum Gasteiger partial charge on any atom is 0.243 e. The summed E-state index contributed by atoms with van der Waals surface area (Å²) in [6.45, 7) is 6.03. The van der Waals surface area contributed by atoms with E-state index in [2.05, 4.69) is 0 Å². The normalized spacial score (nSPS) is 20.3. The molecule has 27 heavy (non-hydrogen) atoms. The summed E-state index contributed by atoms with van der Waals surface area (Å²) in [5.41, 5.74) is 7.73. The lowest BCUT2D eigenvalue weighted by Crippen LogP contribution is -2.48. The first-order valence-electron chi connectivity index (χ1n) is 9.41. The first kappa shape index (κ1) is 22.1. The average molecular weight is 416 g/mol. The van der Waals surface area contributed by atoms with Gasteiger partial charge in [0.2, 0.25) is 15.9 Å². The molecule has 6 nitrogen and oxygen atoms in total. The monoisotopic (exact) mass is 415 g/mol. The van der Waals surface area contributed by atoms with Gasteiger partial charge in [0.05, 0.1) is 4.90 Å². The molecule has 1 amide bonds. The molecule has 1 aromatic carbocycles. The largest absolute Gasteiger partial charge is 0.342 e. The van der Waals surface area contributed by atoms with Crippen molar-refractivity contribution in [1.82, 2.24) is 9.21 Å². The average Bonchev–Trinajstić information content (AvgIpc) is 2.61. The van der Waals surface area contributed by atoms with Gasteiger partial charge in [0.1, 0.15) is 0 Å². The number of benzene rings is 1. The van der Waals surface area contributed by atoms with Gasteiger partial charge in [-0.15, -0.1) is 12.4 Å². The maximum absolute atomic E-state index is 13.0. The van der Waals surface area contributed by atoms with Crippen molar-refractivity contribution in [3.05, 3.63) is 29.3 Å². The molecule has 2 saturated heterocycles. The predicted octanol–water partition coefficient (Wildman–Crippen LogP) is 2.08. The molecule has 0 bridgehead atoms. The summed E-state index contributed by atoms with van der Waals surface area (Å²) in [5, 5.41) is 0. The number of carbonyl (C=O) groups excluding carboxylic acids is 1. The van der Waals surface area contributed by atoms with E-state index >= 15 is 0 Å². The van der Waals surface area contributed by atoms with Crippen molar-refractivity contribution in [3.8, 4) is 0 Å². The molecule has 2 aliphatic heterocycles. The number of nitrogens with zero attached hydrogens (tertiary/aromatic N) is 2. The van der Waals surface area contributed by atoms with Crippen molar-refractivity contribution in [3.63, 3.8) is 0 Å². The van der Waals surface area contributed by atoms with Crippen molar-refractivity contribution >= 4 is 28.3 Å². The second kappa shape index (κ2) is 8.90. The summed E-state index contributed by atoms with van der Waals surface area (Å²) in [7, 11) is -3.50. The van der Waals surface area contributed by atoms with Gasteiger partial charge in [0.15, 0.2) is 0 Å². The molecule has 2 heterocycles. The zero-order valence-electron chi connectivity index (χ0n) is 16.1. The van der Waals surface area contributed by atoms with Crippen molar-refractivity contribution in [2.75, 3.05) is 26.2 Å². The number of amides is 1. The lowest BCUT2D eigenvalue weighted by molar-refractivity contribution is -0.137. The van der Waals surface area contributed by atoms with E-state index in [4.69, 9.17) is 5.73 Å². The van der Waals surface area contributed by atoms with E-state index in [-0.39, 0.29) is 30.3 Å². The fraction of sp³-hybridized carbons (Fsp3) is 0.632. The maximum atomic E-state index is 13.0. The number of nitrogens with two attached hydrogens (primary N) is 1. The van der Waals surface area contributed by atoms with Crippen LogP contribution >= 0.6 is 12.4 Å². The van der Waals surface area contributed by atoms with Gasteiger partial charge in [-0.25, -0.2) is 8.42 Å². The molecular formula is C19H30ClN3O3S. The Labute approximate surface area is 168 Å². The van der Waals surface area contributed by atoms with E-state index in [1.165, 1.54) is 4.31 Å². The summed E-state index contributed by atoms with van der Waals surface area (Å²) in [4.78, 5) is 15.0. The Hall–Kier alpha value is -1.15. The molecule has 0 saturated carbocycles. The fourth-order valence-corrected chi connectivity index (χ4v) is 5.62. The van der Waals surface area contributed by atoms with Crippen LogP contribution in [0.3, 0.4) is 0 Å². The number of aryl methyl sites for hydroxylation is 2. The van der Waals surface area contributed by atoms with Crippen LogP contribution in [0.2, 0.25) is 0 Å². The molecule has 0 unspecified atom stereocenters. The minimum atomic E-state index is -3.50. The molecule has 2 fully saturated rings. The minimum Gasteiger partial charge on any atom is -0.342 e. The summed E-state index contributed by atoms with van der Waals surface area (Å²) in [5.74, 6) is 0.0929. The lowest BCUT2D eigenvalue weighted by Gasteiger charge is -2.36. The van der Waals surface area contributed by atoms with Crippen LogP contribution in [-0.4, -0.2) is 55.8 Å². The van der Waals surface area contributed by atoms with Gasteiger partial charge in [-0.05, 0) is 51.2 Å². The van der Waals surface area contributed by atoms with Crippen LogP contribution in [0.15, 0.2) is 23.1 Å². The van der Waals surface area contributed by atoms with Gasteiger partial charge in [0, 0.05) is 38.1 Å². The summed E-state index contributed by atoms with van der Waals surface area (Å²) in [6.07, 6.45) is 2.88. The first-order chi connectivity index (χ1) is 12.3. The van der Waals surface area contributed by atoms with Crippen LogP contribution in [0, 0.1) is 19.8 Å². The van der Waals surface area contributed by atoms with Crippen LogP contribution in [0.5, 0.6) is 0 Å². The third-order valence-corrected chi connectivity index (χ3v) is 7.66. The number of sulfonamides is 1. The number of carbonyl (C=O) groups is 1. The standard InChI is InChI=1S/C19H29N3O3S.ClH/c1-14-3-4-18(15(2)13-14)26(24,25)22-11-5-16(6-12-22)19(23)21-9-7-17(20)8-10-21;/h3-4,13,16-17H,5-12,20H2,1-2H3;1H. The SMILES string of the molecule is Cc1ccc(S(=O)(=O)N2CCC(C(=O)N3CCC(N)CC3)CC2)c(C)c1.Cl. The highest BCUT2D eigenvalue weighted by molar-refractivity contribution is 7.89. The summed E-state index contributed by atoms with van der Waals surface area (Å²) < 4.78 is 27.4. The summed E-state index contributed by atoms with van der Waals surface area (Å²) >= 11 is 0. The fourth-order valence-electron chi connectivity index (χ4n) is 3.95. The van der Waals surface area contributed by atoms with E-state index in [1.807, 2.05) is 30.9 Å².